The summed E-state index contributed by atoms with van der Waals surface area (Å²) in [5, 5.41) is 12.6. The number of halogens is 2. The molecule has 0 atom stereocenters. The molecule has 0 aliphatic rings. The van der Waals surface area contributed by atoms with Gasteiger partial charge in [0.2, 0.25) is 5.95 Å². The molecular weight excluding hydrogens is 517 g/mol. The molecule has 0 aliphatic heterocycles. The topological polar surface area (TPSA) is 102 Å². The minimum Gasteiger partial charge on any atom is -0.486 e. The van der Waals surface area contributed by atoms with Gasteiger partial charge in [-0.05, 0) is 75.7 Å². The van der Waals surface area contributed by atoms with Gasteiger partial charge in [-0.25, -0.2) is 24.3 Å². The number of benzene rings is 2. The normalized spacial score (nSPS) is 11.1. The number of ether oxygens (including phenoxy) is 1. The van der Waals surface area contributed by atoms with Gasteiger partial charge in [-0.3, -0.25) is 0 Å². The molecule has 0 saturated heterocycles. The summed E-state index contributed by atoms with van der Waals surface area (Å²) in [7, 11) is 0. The van der Waals surface area contributed by atoms with Crippen LogP contribution in [-0.4, -0.2) is 24.5 Å². The van der Waals surface area contributed by atoms with Crippen molar-refractivity contribution in [2.45, 2.75) is 40.3 Å². The summed E-state index contributed by atoms with van der Waals surface area (Å²) in [6.45, 7) is 8.02. The van der Waals surface area contributed by atoms with Gasteiger partial charge in [0.15, 0.2) is 5.82 Å². The van der Waals surface area contributed by atoms with E-state index in [1.165, 1.54) is 6.07 Å². The number of aryl methyl sites for hydroxylation is 2. The van der Waals surface area contributed by atoms with Crippen molar-refractivity contribution in [2.75, 3.05) is 5.32 Å². The molecule has 3 aromatic heterocycles. The standard InChI is InChI=1S/C29H25ClFN7O/c1-16(2)38-18(4)34-28-24(31)10-19(11-25(28)38)27-17(3)14-33-29(37-27)36-20-8-9-26(23(30)12-20)39-15-22-7-5-6-21(13-32)35-22/h5-12,14,16H,15H2,1-4H3,(H,33,36,37). The molecule has 0 fully saturated rings. The van der Waals surface area contributed by atoms with E-state index in [0.29, 0.717) is 50.6 Å². The Kier molecular flexibility index (Phi) is 7.13. The summed E-state index contributed by atoms with van der Waals surface area (Å²) < 4.78 is 22.9. The predicted octanol–water partition coefficient (Wildman–Crippen LogP) is 7.07. The third kappa shape index (κ3) is 5.38. The maximum absolute atomic E-state index is 15.1. The Morgan fingerprint density at radius 2 is 1.92 bits per heavy atom. The lowest BCUT2D eigenvalue weighted by atomic mass is 10.1. The highest BCUT2D eigenvalue weighted by Crippen LogP contribution is 2.32. The van der Waals surface area contributed by atoms with Gasteiger partial charge in [0.25, 0.3) is 0 Å². The van der Waals surface area contributed by atoms with Crippen molar-refractivity contribution in [1.82, 2.24) is 24.5 Å². The Hall–Kier alpha value is -4.55. The molecule has 39 heavy (non-hydrogen) atoms. The van der Waals surface area contributed by atoms with Gasteiger partial charge in [-0.1, -0.05) is 17.7 Å². The number of rotatable bonds is 7. The number of imidazole rings is 1. The average Bonchev–Trinajstić information content (AvgIpc) is 3.26. The van der Waals surface area contributed by atoms with Crippen LogP contribution in [0.2, 0.25) is 5.02 Å². The lowest BCUT2D eigenvalue weighted by molar-refractivity contribution is 0.301. The zero-order chi connectivity index (χ0) is 27.7. The van der Waals surface area contributed by atoms with E-state index in [9.17, 15) is 0 Å². The lowest BCUT2D eigenvalue weighted by Crippen LogP contribution is -2.03. The van der Waals surface area contributed by atoms with Crippen LogP contribution in [0.5, 0.6) is 5.75 Å². The summed E-state index contributed by atoms with van der Waals surface area (Å²) in [6.07, 6.45) is 1.69. The van der Waals surface area contributed by atoms with Crippen molar-refractivity contribution < 1.29 is 9.13 Å². The van der Waals surface area contributed by atoms with E-state index in [4.69, 9.17) is 21.6 Å². The van der Waals surface area contributed by atoms with Crippen molar-refractivity contribution in [3.8, 4) is 23.1 Å². The highest BCUT2D eigenvalue weighted by atomic mass is 35.5. The van der Waals surface area contributed by atoms with E-state index < -0.39 is 5.82 Å². The third-order valence-electron chi connectivity index (χ3n) is 6.17. The number of nitrogens with zero attached hydrogens (tertiary/aromatic N) is 6. The summed E-state index contributed by atoms with van der Waals surface area (Å²) in [5.74, 6) is 1.17. The van der Waals surface area contributed by atoms with E-state index in [2.05, 4.69) is 25.3 Å². The third-order valence-corrected chi connectivity index (χ3v) is 6.47. The van der Waals surface area contributed by atoms with Gasteiger partial charge in [0.05, 0.1) is 21.9 Å². The Bertz CT molecular complexity index is 1740. The van der Waals surface area contributed by atoms with Crippen molar-refractivity contribution in [3.63, 3.8) is 0 Å². The van der Waals surface area contributed by atoms with Crippen LogP contribution in [0, 0.1) is 31.0 Å². The first-order valence-electron chi connectivity index (χ1n) is 12.3. The fourth-order valence-electron chi connectivity index (χ4n) is 4.45. The van der Waals surface area contributed by atoms with Gasteiger partial charge in [0, 0.05) is 23.5 Å². The van der Waals surface area contributed by atoms with Crippen LogP contribution in [0.25, 0.3) is 22.3 Å². The SMILES string of the molecule is Cc1cnc(Nc2ccc(OCc3cccc(C#N)n3)c(Cl)c2)nc1-c1cc(F)c2nc(C)n(C(C)C)c2c1. The fourth-order valence-corrected chi connectivity index (χ4v) is 4.69. The second-order valence-electron chi connectivity index (χ2n) is 9.36. The first-order valence-corrected chi connectivity index (χ1v) is 12.7. The Morgan fingerprint density at radius 3 is 2.67 bits per heavy atom. The van der Waals surface area contributed by atoms with Crippen LogP contribution in [0.1, 0.15) is 42.7 Å². The van der Waals surface area contributed by atoms with Crippen molar-refractivity contribution >= 4 is 34.3 Å². The summed E-state index contributed by atoms with van der Waals surface area (Å²) in [5.41, 5.74) is 4.73. The number of aromatic nitrogens is 5. The van der Waals surface area contributed by atoms with E-state index >= 15 is 4.39 Å². The van der Waals surface area contributed by atoms with Gasteiger partial charge in [-0.15, -0.1) is 0 Å². The number of nitrogens with one attached hydrogen (secondary N) is 1. The summed E-state index contributed by atoms with van der Waals surface area (Å²) in [6, 6.07) is 15.9. The quantitative estimate of drug-likeness (QED) is 0.235. The Balaban J connectivity index is 1.39. The van der Waals surface area contributed by atoms with E-state index in [0.717, 1.165) is 16.9 Å². The molecule has 8 nitrogen and oxygen atoms in total. The number of hydrogen-bond donors (Lipinski definition) is 1. The molecule has 196 valence electrons. The smallest absolute Gasteiger partial charge is 0.227 e. The first-order chi connectivity index (χ1) is 18.7. The molecule has 10 heteroatoms. The van der Waals surface area contributed by atoms with Gasteiger partial charge in [-0.2, -0.15) is 5.26 Å². The number of nitriles is 1. The number of fused-ring (bicyclic) bond motifs is 1. The largest absolute Gasteiger partial charge is 0.486 e. The molecule has 2 aromatic carbocycles. The first kappa shape index (κ1) is 26.1. The number of anilines is 2. The maximum atomic E-state index is 15.1. The average molecular weight is 542 g/mol. The van der Waals surface area contributed by atoms with Crippen LogP contribution >= 0.6 is 11.6 Å². The predicted molar refractivity (Wildman–Crippen MR) is 149 cm³/mol. The molecular formula is C29H25ClFN7O. The van der Waals surface area contributed by atoms with E-state index in [1.54, 1.807) is 42.6 Å². The molecule has 0 aliphatic carbocycles. The highest BCUT2D eigenvalue weighted by Gasteiger charge is 2.17. The van der Waals surface area contributed by atoms with Gasteiger partial charge < -0.3 is 14.6 Å². The van der Waals surface area contributed by atoms with Crippen LogP contribution in [0.3, 0.4) is 0 Å². The van der Waals surface area contributed by atoms with Crippen molar-refractivity contribution in [2.24, 2.45) is 0 Å². The number of pyridine rings is 1. The number of hydrogen-bond acceptors (Lipinski definition) is 7. The molecule has 5 rings (SSSR count). The van der Waals surface area contributed by atoms with Gasteiger partial charge in [0.1, 0.15) is 35.5 Å². The van der Waals surface area contributed by atoms with Gasteiger partial charge >= 0.3 is 0 Å². The zero-order valence-corrected chi connectivity index (χ0v) is 22.6. The second-order valence-corrected chi connectivity index (χ2v) is 9.77. The molecule has 0 bridgehead atoms. The summed E-state index contributed by atoms with van der Waals surface area (Å²) in [4.78, 5) is 17.7. The monoisotopic (exact) mass is 541 g/mol. The molecule has 3 heterocycles. The second kappa shape index (κ2) is 10.7. The molecule has 0 radical (unpaired) electrons. The molecule has 0 saturated carbocycles. The molecule has 5 aromatic rings. The van der Waals surface area contributed by atoms with Crippen LogP contribution in [0.15, 0.2) is 54.7 Å². The van der Waals surface area contributed by atoms with Crippen LogP contribution < -0.4 is 10.1 Å². The maximum Gasteiger partial charge on any atom is 0.227 e. The van der Waals surface area contributed by atoms with Crippen LogP contribution in [-0.2, 0) is 6.61 Å². The minimum absolute atomic E-state index is 0.129. The van der Waals surface area contributed by atoms with E-state index in [1.807, 2.05) is 44.4 Å². The summed E-state index contributed by atoms with van der Waals surface area (Å²) >= 11 is 6.46. The molecule has 0 amide bonds. The molecule has 0 unspecified atom stereocenters. The lowest BCUT2D eigenvalue weighted by Gasteiger charge is -2.13. The van der Waals surface area contributed by atoms with E-state index in [-0.39, 0.29) is 12.6 Å². The molecule has 1 N–H and O–H groups in total. The highest BCUT2D eigenvalue weighted by molar-refractivity contribution is 6.32. The Morgan fingerprint density at radius 1 is 1.10 bits per heavy atom. The molecule has 0 spiro atoms. The van der Waals surface area contributed by atoms with Crippen molar-refractivity contribution in [3.05, 3.63) is 88.3 Å². The minimum atomic E-state index is -0.394. The fraction of sp³-hybridized carbons (Fsp3) is 0.207. The zero-order valence-electron chi connectivity index (χ0n) is 21.8. The van der Waals surface area contributed by atoms with Crippen LogP contribution in [0.4, 0.5) is 16.0 Å². The Labute approximate surface area is 230 Å². The van der Waals surface area contributed by atoms with Crippen molar-refractivity contribution in [1.29, 1.82) is 5.26 Å².